The molecule has 0 radical (unpaired) electrons. The van der Waals surface area contributed by atoms with Gasteiger partial charge in [-0.15, -0.1) is 10.2 Å². The third-order valence-corrected chi connectivity index (χ3v) is 5.60. The van der Waals surface area contributed by atoms with Crippen molar-refractivity contribution in [3.63, 3.8) is 0 Å². The number of rotatable bonds is 8. The first-order valence-corrected chi connectivity index (χ1v) is 10.3. The summed E-state index contributed by atoms with van der Waals surface area (Å²) in [5.41, 5.74) is 1.45. The molecule has 3 aromatic rings. The van der Waals surface area contributed by atoms with Gasteiger partial charge in [-0.05, 0) is 36.5 Å². The number of nitrogens with zero attached hydrogens (tertiary/aromatic N) is 3. The van der Waals surface area contributed by atoms with Crippen LogP contribution in [0, 0.1) is 11.7 Å². The molecular weight excluding hydrogens is 375 g/mol. The lowest BCUT2D eigenvalue weighted by Gasteiger charge is -2.11. The minimum Gasteiger partial charge on any atom is -0.355 e. The van der Waals surface area contributed by atoms with Crippen LogP contribution in [-0.2, 0) is 11.3 Å². The van der Waals surface area contributed by atoms with E-state index in [0.29, 0.717) is 29.0 Å². The quantitative estimate of drug-likeness (QED) is 0.589. The Morgan fingerprint density at radius 1 is 1.11 bits per heavy atom. The zero-order chi connectivity index (χ0) is 19.3. The summed E-state index contributed by atoms with van der Waals surface area (Å²) in [5.74, 6) is 1.00. The fourth-order valence-electron chi connectivity index (χ4n) is 2.91. The van der Waals surface area contributed by atoms with Gasteiger partial charge in [-0.1, -0.05) is 54.2 Å². The predicted molar refractivity (Wildman–Crippen MR) is 107 cm³/mol. The van der Waals surface area contributed by atoms with Gasteiger partial charge in [0.15, 0.2) is 11.0 Å². The van der Waals surface area contributed by atoms with Gasteiger partial charge in [-0.25, -0.2) is 4.39 Å². The van der Waals surface area contributed by atoms with Crippen molar-refractivity contribution in [3.8, 4) is 11.4 Å². The van der Waals surface area contributed by atoms with Crippen molar-refractivity contribution >= 4 is 17.7 Å². The minimum absolute atomic E-state index is 0.0152. The van der Waals surface area contributed by atoms with E-state index in [9.17, 15) is 9.18 Å². The van der Waals surface area contributed by atoms with Crippen molar-refractivity contribution in [2.45, 2.75) is 24.5 Å². The molecule has 1 heterocycles. The molecular formula is C21H21FN4OS. The van der Waals surface area contributed by atoms with Crippen molar-refractivity contribution in [2.24, 2.45) is 5.92 Å². The van der Waals surface area contributed by atoms with Crippen molar-refractivity contribution in [2.75, 3.05) is 12.3 Å². The molecule has 1 fully saturated rings. The van der Waals surface area contributed by atoms with Gasteiger partial charge in [-0.2, -0.15) is 0 Å². The smallest absolute Gasteiger partial charge is 0.230 e. The van der Waals surface area contributed by atoms with Gasteiger partial charge in [0.05, 0.1) is 17.9 Å². The van der Waals surface area contributed by atoms with Crippen LogP contribution in [0.4, 0.5) is 4.39 Å². The van der Waals surface area contributed by atoms with E-state index in [0.717, 1.165) is 12.1 Å². The highest BCUT2D eigenvalue weighted by atomic mass is 32.2. The number of thioether (sulfide) groups is 1. The molecule has 0 bridgehead atoms. The molecule has 1 N–H and O–H groups in total. The Kier molecular flexibility index (Phi) is 5.71. The number of nitrogens with one attached hydrogen (secondary N) is 1. The van der Waals surface area contributed by atoms with Gasteiger partial charge < -0.3 is 5.32 Å². The molecule has 0 aliphatic heterocycles. The van der Waals surface area contributed by atoms with Crippen LogP contribution in [0.15, 0.2) is 59.8 Å². The van der Waals surface area contributed by atoms with Crippen LogP contribution in [0.25, 0.3) is 11.4 Å². The number of amides is 1. The number of hydrogen-bond acceptors (Lipinski definition) is 4. The van der Waals surface area contributed by atoms with Gasteiger partial charge in [0.25, 0.3) is 0 Å². The van der Waals surface area contributed by atoms with E-state index in [2.05, 4.69) is 15.5 Å². The zero-order valence-corrected chi connectivity index (χ0v) is 16.2. The van der Waals surface area contributed by atoms with Gasteiger partial charge in [0.1, 0.15) is 5.82 Å². The second-order valence-electron chi connectivity index (χ2n) is 6.89. The van der Waals surface area contributed by atoms with Gasteiger partial charge in [0, 0.05) is 6.54 Å². The first-order chi connectivity index (χ1) is 13.7. The zero-order valence-electron chi connectivity index (χ0n) is 15.3. The third kappa shape index (κ3) is 4.59. The standard InChI is InChI=1S/C21H21FN4OS/c22-18-9-5-4-8-17(18)20-24-25-21(26(20)13-16-6-2-1-3-7-16)28-14-19(27)23-12-15-10-11-15/h1-9,15H,10-14H2,(H,23,27). The summed E-state index contributed by atoms with van der Waals surface area (Å²) in [5, 5.41) is 12.0. The predicted octanol–water partition coefficient (Wildman–Crippen LogP) is 3.75. The van der Waals surface area contributed by atoms with Gasteiger partial charge in [-0.3, -0.25) is 9.36 Å². The Balaban J connectivity index is 1.56. The molecule has 7 heteroatoms. The molecule has 0 saturated heterocycles. The molecule has 0 unspecified atom stereocenters. The van der Waals surface area contributed by atoms with Gasteiger partial charge in [0.2, 0.25) is 5.91 Å². The number of halogens is 1. The lowest BCUT2D eigenvalue weighted by Crippen LogP contribution is -2.27. The van der Waals surface area contributed by atoms with Crippen LogP contribution in [0.2, 0.25) is 0 Å². The molecule has 0 atom stereocenters. The van der Waals surface area contributed by atoms with E-state index in [1.807, 2.05) is 34.9 Å². The second-order valence-corrected chi connectivity index (χ2v) is 7.84. The second kappa shape index (κ2) is 8.56. The first-order valence-electron chi connectivity index (χ1n) is 9.32. The summed E-state index contributed by atoms with van der Waals surface area (Å²) in [4.78, 5) is 12.1. The maximum atomic E-state index is 14.3. The lowest BCUT2D eigenvalue weighted by molar-refractivity contribution is -0.118. The summed E-state index contributed by atoms with van der Waals surface area (Å²) >= 11 is 1.32. The highest BCUT2D eigenvalue weighted by Crippen LogP contribution is 2.28. The number of hydrogen-bond donors (Lipinski definition) is 1. The number of aromatic nitrogens is 3. The normalized spacial score (nSPS) is 13.5. The van der Waals surface area contributed by atoms with E-state index in [1.54, 1.807) is 18.2 Å². The molecule has 1 saturated carbocycles. The number of carbonyl (C=O) groups excluding carboxylic acids is 1. The summed E-state index contributed by atoms with van der Waals surface area (Å²) in [6.45, 7) is 1.25. The SMILES string of the molecule is O=C(CSc1nnc(-c2ccccc2F)n1Cc1ccccc1)NCC1CC1. The van der Waals surface area contributed by atoms with E-state index < -0.39 is 0 Å². The van der Waals surface area contributed by atoms with E-state index >= 15 is 0 Å². The monoisotopic (exact) mass is 396 g/mol. The maximum absolute atomic E-state index is 14.3. The Morgan fingerprint density at radius 3 is 2.61 bits per heavy atom. The molecule has 4 rings (SSSR count). The summed E-state index contributed by atoms with van der Waals surface area (Å²) in [7, 11) is 0. The molecule has 2 aromatic carbocycles. The van der Waals surface area contributed by atoms with Crippen molar-refractivity contribution < 1.29 is 9.18 Å². The first kappa shape index (κ1) is 18.7. The average Bonchev–Trinajstić information content (AvgIpc) is 3.47. The van der Waals surface area contributed by atoms with E-state index in [4.69, 9.17) is 0 Å². The maximum Gasteiger partial charge on any atom is 0.230 e. The Labute approximate surface area is 167 Å². The van der Waals surface area contributed by atoms with Crippen molar-refractivity contribution in [1.29, 1.82) is 0 Å². The molecule has 1 aliphatic rings. The third-order valence-electron chi connectivity index (χ3n) is 4.63. The topological polar surface area (TPSA) is 59.8 Å². The summed E-state index contributed by atoms with van der Waals surface area (Å²) in [6.07, 6.45) is 2.40. The summed E-state index contributed by atoms with van der Waals surface area (Å²) in [6, 6.07) is 16.4. The Hall–Kier alpha value is -2.67. The molecule has 5 nitrogen and oxygen atoms in total. The fraction of sp³-hybridized carbons (Fsp3) is 0.286. The minimum atomic E-state index is -0.345. The average molecular weight is 396 g/mol. The van der Waals surface area contributed by atoms with Crippen LogP contribution in [-0.4, -0.2) is 33.0 Å². The highest BCUT2D eigenvalue weighted by molar-refractivity contribution is 7.99. The van der Waals surface area contributed by atoms with Crippen LogP contribution in [0.1, 0.15) is 18.4 Å². The molecule has 1 aromatic heterocycles. The fourth-order valence-corrected chi connectivity index (χ4v) is 3.67. The number of carbonyl (C=O) groups is 1. The molecule has 144 valence electrons. The molecule has 1 amide bonds. The number of benzene rings is 2. The van der Waals surface area contributed by atoms with Crippen LogP contribution in [0.3, 0.4) is 0 Å². The highest BCUT2D eigenvalue weighted by Gasteiger charge is 2.22. The lowest BCUT2D eigenvalue weighted by atomic mass is 10.2. The summed E-state index contributed by atoms with van der Waals surface area (Å²) < 4.78 is 16.2. The molecule has 28 heavy (non-hydrogen) atoms. The van der Waals surface area contributed by atoms with E-state index in [1.165, 1.54) is 30.7 Å². The van der Waals surface area contributed by atoms with Crippen LogP contribution < -0.4 is 5.32 Å². The van der Waals surface area contributed by atoms with E-state index in [-0.39, 0.29) is 17.5 Å². The molecule has 1 aliphatic carbocycles. The molecule has 0 spiro atoms. The Morgan fingerprint density at radius 2 is 1.86 bits per heavy atom. The van der Waals surface area contributed by atoms with Crippen molar-refractivity contribution in [1.82, 2.24) is 20.1 Å². The Bertz CT molecular complexity index is 956. The van der Waals surface area contributed by atoms with Gasteiger partial charge >= 0.3 is 0 Å². The largest absolute Gasteiger partial charge is 0.355 e. The van der Waals surface area contributed by atoms with Crippen LogP contribution >= 0.6 is 11.8 Å². The van der Waals surface area contributed by atoms with Crippen LogP contribution in [0.5, 0.6) is 0 Å². The van der Waals surface area contributed by atoms with Crippen molar-refractivity contribution in [3.05, 3.63) is 66.0 Å².